The molecule has 0 aromatic carbocycles. The van der Waals surface area contributed by atoms with E-state index in [0.717, 1.165) is 0 Å². The minimum absolute atomic E-state index is 0.114. The molecule has 3 N–H and O–H groups in total. The van der Waals surface area contributed by atoms with Gasteiger partial charge in [-0.3, -0.25) is 10.3 Å². The summed E-state index contributed by atoms with van der Waals surface area (Å²) in [7, 11) is 1.23. The zero-order valence-electron chi connectivity index (χ0n) is 5.79. The molecule has 60 valence electrons. The van der Waals surface area contributed by atoms with E-state index >= 15 is 0 Å². The van der Waals surface area contributed by atoms with Gasteiger partial charge in [0, 0.05) is 0 Å². The summed E-state index contributed by atoms with van der Waals surface area (Å²) in [5, 5.41) is 11.0. The minimum atomic E-state index is -0.639. The summed E-state index contributed by atoms with van der Waals surface area (Å²) in [6.45, 7) is 0. The maximum absolute atomic E-state index is 10.5. The van der Waals surface area contributed by atoms with Crippen LogP contribution < -0.4 is 5.32 Å². The van der Waals surface area contributed by atoms with E-state index in [1.54, 1.807) is 0 Å². The van der Waals surface area contributed by atoms with Gasteiger partial charge in [0.05, 0.1) is 13.3 Å². The van der Waals surface area contributed by atoms with Crippen LogP contribution in [-0.4, -0.2) is 28.3 Å². The van der Waals surface area contributed by atoms with E-state index in [9.17, 15) is 4.79 Å². The largest absolute Gasteiger partial charge is 0.493 e. The van der Waals surface area contributed by atoms with Crippen molar-refractivity contribution in [2.45, 2.75) is 0 Å². The van der Waals surface area contributed by atoms with E-state index in [1.165, 1.54) is 13.3 Å². The predicted octanol–water partition coefficient (Wildman–Crippen LogP) is 0.294. The van der Waals surface area contributed by atoms with Crippen LogP contribution in [0.2, 0.25) is 0 Å². The first-order valence-electron chi connectivity index (χ1n) is 2.81. The molecule has 0 aliphatic carbocycles. The molecule has 0 aliphatic rings. The number of imidazole rings is 1. The van der Waals surface area contributed by atoms with Gasteiger partial charge in [0.2, 0.25) is 11.8 Å². The first kappa shape index (κ1) is 7.39. The molecule has 1 aromatic heterocycles. The quantitative estimate of drug-likeness (QED) is 0.546. The Kier molecular flexibility index (Phi) is 1.95. The number of nitrogens with zero attached hydrogens (tertiary/aromatic N) is 1. The standard InChI is InChI=1S/C5H7N3O3/c1-11-5(10)8-4-6-2-3(9)7-4/h2,9H,1H3,(H2,6,7,8,10). The molecule has 6 nitrogen and oxygen atoms in total. The lowest BCUT2D eigenvalue weighted by atomic mass is 10.9. The number of methoxy groups -OCH3 is 1. The van der Waals surface area contributed by atoms with Crippen LogP contribution in [0, 0.1) is 0 Å². The summed E-state index contributed by atoms with van der Waals surface area (Å²) in [6.07, 6.45) is 0.532. The van der Waals surface area contributed by atoms with Gasteiger partial charge in [-0.25, -0.2) is 9.78 Å². The molecule has 0 radical (unpaired) electrons. The first-order chi connectivity index (χ1) is 5.22. The van der Waals surface area contributed by atoms with E-state index in [-0.39, 0.29) is 11.8 Å². The summed E-state index contributed by atoms with van der Waals surface area (Å²) in [4.78, 5) is 16.5. The normalized spacial score (nSPS) is 9.18. The number of ether oxygens (including phenoxy) is 1. The third kappa shape index (κ3) is 1.85. The average molecular weight is 157 g/mol. The molecular weight excluding hydrogens is 150 g/mol. The molecule has 0 aliphatic heterocycles. The van der Waals surface area contributed by atoms with Gasteiger partial charge in [0.15, 0.2) is 0 Å². The van der Waals surface area contributed by atoms with Crippen LogP contribution in [0.3, 0.4) is 0 Å². The zero-order valence-corrected chi connectivity index (χ0v) is 5.79. The maximum atomic E-state index is 10.5. The van der Waals surface area contributed by atoms with Crippen molar-refractivity contribution in [3.05, 3.63) is 6.20 Å². The number of nitrogens with one attached hydrogen (secondary N) is 2. The number of carbonyl (C=O) groups is 1. The van der Waals surface area contributed by atoms with Gasteiger partial charge in [0.1, 0.15) is 0 Å². The number of rotatable bonds is 1. The summed E-state index contributed by atoms with van der Waals surface area (Å²) in [5.74, 6) is 0.0331. The molecular formula is C5H7N3O3. The number of aromatic hydroxyl groups is 1. The maximum Gasteiger partial charge on any atom is 0.413 e. The molecule has 0 saturated heterocycles. The number of hydrogen-bond acceptors (Lipinski definition) is 4. The van der Waals surface area contributed by atoms with E-state index in [1.807, 2.05) is 0 Å². The van der Waals surface area contributed by atoms with Gasteiger partial charge in [-0.15, -0.1) is 0 Å². The topological polar surface area (TPSA) is 87.2 Å². The lowest BCUT2D eigenvalue weighted by Crippen LogP contribution is -2.11. The van der Waals surface area contributed by atoms with Gasteiger partial charge >= 0.3 is 6.09 Å². The fraction of sp³-hybridized carbons (Fsp3) is 0.200. The first-order valence-corrected chi connectivity index (χ1v) is 2.81. The van der Waals surface area contributed by atoms with Crippen molar-refractivity contribution < 1.29 is 14.6 Å². The molecule has 1 amide bonds. The third-order valence-electron chi connectivity index (χ3n) is 0.968. The molecule has 0 saturated carbocycles. The van der Waals surface area contributed by atoms with E-state index in [4.69, 9.17) is 5.11 Å². The second-order valence-corrected chi connectivity index (χ2v) is 1.73. The monoisotopic (exact) mass is 157 g/mol. The molecule has 0 atom stereocenters. The highest BCUT2D eigenvalue weighted by Crippen LogP contribution is 2.06. The summed E-state index contributed by atoms with van der Waals surface area (Å²) < 4.78 is 4.27. The summed E-state index contributed by atoms with van der Waals surface area (Å²) in [5.41, 5.74) is 0. The number of amides is 1. The lowest BCUT2D eigenvalue weighted by Gasteiger charge is -1.96. The molecule has 0 spiro atoms. The fourth-order valence-corrected chi connectivity index (χ4v) is 0.523. The highest BCUT2D eigenvalue weighted by molar-refractivity contribution is 5.82. The van der Waals surface area contributed by atoms with Crippen LogP contribution in [0.15, 0.2) is 6.20 Å². The predicted molar refractivity (Wildman–Crippen MR) is 36.3 cm³/mol. The minimum Gasteiger partial charge on any atom is -0.493 e. The molecule has 0 unspecified atom stereocenters. The van der Waals surface area contributed by atoms with Crippen LogP contribution in [0.4, 0.5) is 10.7 Å². The van der Waals surface area contributed by atoms with Crippen molar-refractivity contribution in [1.29, 1.82) is 0 Å². The number of H-pyrrole nitrogens is 1. The number of hydrogen-bond donors (Lipinski definition) is 3. The van der Waals surface area contributed by atoms with Crippen LogP contribution in [0.1, 0.15) is 0 Å². The van der Waals surface area contributed by atoms with Crippen LogP contribution in [-0.2, 0) is 4.74 Å². The van der Waals surface area contributed by atoms with Crippen molar-refractivity contribution in [1.82, 2.24) is 9.97 Å². The molecule has 0 fully saturated rings. The van der Waals surface area contributed by atoms with E-state index in [0.29, 0.717) is 0 Å². The Hall–Kier alpha value is -1.72. The molecule has 11 heavy (non-hydrogen) atoms. The van der Waals surface area contributed by atoms with Crippen LogP contribution in [0.5, 0.6) is 5.88 Å². The van der Waals surface area contributed by atoms with Crippen molar-refractivity contribution in [2.24, 2.45) is 0 Å². The Bertz CT molecular complexity index is 257. The van der Waals surface area contributed by atoms with Gasteiger partial charge < -0.3 is 9.84 Å². The highest BCUT2D eigenvalue weighted by atomic mass is 16.5. The summed E-state index contributed by atoms with van der Waals surface area (Å²) >= 11 is 0. The second-order valence-electron chi connectivity index (χ2n) is 1.73. The van der Waals surface area contributed by atoms with E-state index < -0.39 is 6.09 Å². The molecule has 6 heteroatoms. The fourth-order valence-electron chi connectivity index (χ4n) is 0.523. The number of carbonyl (C=O) groups excluding carboxylic acids is 1. The summed E-state index contributed by atoms with van der Waals surface area (Å²) in [6, 6.07) is 0. The van der Waals surface area contributed by atoms with Crippen molar-refractivity contribution >= 4 is 12.0 Å². The van der Waals surface area contributed by atoms with Crippen LogP contribution in [0.25, 0.3) is 0 Å². The zero-order chi connectivity index (χ0) is 8.27. The SMILES string of the molecule is COC(=O)Nc1ncc(O)[nH]1. The Balaban J connectivity index is 2.57. The second kappa shape index (κ2) is 2.91. The van der Waals surface area contributed by atoms with Gasteiger partial charge in [-0.05, 0) is 0 Å². The molecule has 1 rings (SSSR count). The molecule has 1 aromatic rings. The Morgan fingerprint density at radius 2 is 2.64 bits per heavy atom. The van der Waals surface area contributed by atoms with Gasteiger partial charge in [-0.2, -0.15) is 0 Å². The highest BCUT2D eigenvalue weighted by Gasteiger charge is 2.02. The van der Waals surface area contributed by atoms with Gasteiger partial charge in [-0.1, -0.05) is 0 Å². The Morgan fingerprint density at radius 3 is 3.09 bits per heavy atom. The number of aromatic amines is 1. The molecule has 1 heterocycles. The van der Waals surface area contributed by atoms with Crippen LogP contribution >= 0.6 is 0 Å². The van der Waals surface area contributed by atoms with E-state index in [2.05, 4.69) is 20.0 Å². The Labute approximate surface area is 62.2 Å². The smallest absolute Gasteiger partial charge is 0.413 e. The molecule has 0 bridgehead atoms. The number of anilines is 1. The van der Waals surface area contributed by atoms with Crippen molar-refractivity contribution in [3.8, 4) is 5.88 Å². The van der Waals surface area contributed by atoms with Crippen molar-refractivity contribution in [3.63, 3.8) is 0 Å². The number of aromatic nitrogens is 2. The lowest BCUT2D eigenvalue weighted by molar-refractivity contribution is 0.186. The Morgan fingerprint density at radius 1 is 1.91 bits per heavy atom. The third-order valence-corrected chi connectivity index (χ3v) is 0.968. The van der Waals surface area contributed by atoms with Crippen molar-refractivity contribution in [2.75, 3.05) is 12.4 Å². The van der Waals surface area contributed by atoms with Gasteiger partial charge in [0.25, 0.3) is 0 Å². The average Bonchev–Trinajstić information content (AvgIpc) is 2.35.